The van der Waals surface area contributed by atoms with Crippen LogP contribution >= 0.6 is 0 Å². The number of likely N-dealkylation sites (tertiary alicyclic amines) is 1. The van der Waals surface area contributed by atoms with Gasteiger partial charge in [-0.2, -0.15) is 0 Å². The molecule has 1 heterocycles. The van der Waals surface area contributed by atoms with E-state index < -0.39 is 17.9 Å². The van der Waals surface area contributed by atoms with Crippen LogP contribution in [0, 0.1) is 5.92 Å². The van der Waals surface area contributed by atoms with Crippen LogP contribution in [0.25, 0.3) is 0 Å². The van der Waals surface area contributed by atoms with Crippen molar-refractivity contribution in [1.29, 1.82) is 0 Å². The lowest BCUT2D eigenvalue weighted by Crippen LogP contribution is -2.51. The van der Waals surface area contributed by atoms with Gasteiger partial charge in [0.25, 0.3) is 5.91 Å². The van der Waals surface area contributed by atoms with Gasteiger partial charge < -0.3 is 10.0 Å². The molecule has 0 bridgehead atoms. The van der Waals surface area contributed by atoms with Gasteiger partial charge in [-0.15, -0.1) is 0 Å². The molecular weight excluding hydrogens is 248 g/mol. The number of rotatable bonds is 3. The Morgan fingerprint density at radius 1 is 1.32 bits per heavy atom. The number of nitrogens with one attached hydrogen (secondary N) is 1. The molecule has 1 aliphatic rings. The SMILES string of the molecule is CCC1CCC(C)N(C(=O)NC(=O)/C=C/C(=O)O)C1. The number of carbonyl (C=O) groups is 3. The summed E-state index contributed by atoms with van der Waals surface area (Å²) in [7, 11) is 0. The number of carboxylic acid groups (broad SMARTS) is 1. The molecule has 19 heavy (non-hydrogen) atoms. The Kier molecular flexibility index (Phi) is 5.54. The highest BCUT2D eigenvalue weighted by Gasteiger charge is 2.28. The van der Waals surface area contributed by atoms with Gasteiger partial charge in [0.05, 0.1) is 0 Å². The molecule has 6 nitrogen and oxygen atoms in total. The standard InChI is InChI=1S/C13H20N2O4/c1-3-10-5-4-9(2)15(8-10)13(19)14-11(16)6-7-12(17)18/h6-7,9-10H,3-5,8H2,1-2H3,(H,17,18)(H,14,16,19)/b7-6+. The van der Waals surface area contributed by atoms with Crippen molar-refractivity contribution in [3.8, 4) is 0 Å². The van der Waals surface area contributed by atoms with Crippen LogP contribution in [0.5, 0.6) is 0 Å². The highest BCUT2D eigenvalue weighted by Crippen LogP contribution is 2.23. The number of aliphatic carboxylic acids is 1. The van der Waals surface area contributed by atoms with E-state index in [1.54, 1.807) is 4.90 Å². The van der Waals surface area contributed by atoms with Crippen LogP contribution in [0.3, 0.4) is 0 Å². The number of carbonyl (C=O) groups excluding carboxylic acids is 2. The van der Waals surface area contributed by atoms with E-state index in [-0.39, 0.29) is 6.04 Å². The minimum absolute atomic E-state index is 0.0963. The van der Waals surface area contributed by atoms with Crippen LogP contribution in [-0.2, 0) is 9.59 Å². The predicted octanol–water partition coefficient (Wildman–Crippen LogP) is 1.37. The van der Waals surface area contributed by atoms with Gasteiger partial charge in [-0.1, -0.05) is 13.3 Å². The molecule has 1 aliphatic heterocycles. The molecule has 2 atom stereocenters. The molecule has 0 aromatic rings. The highest BCUT2D eigenvalue weighted by atomic mass is 16.4. The molecule has 0 aliphatic carbocycles. The molecule has 0 radical (unpaired) electrons. The monoisotopic (exact) mass is 268 g/mol. The number of nitrogens with zero attached hydrogens (tertiary/aromatic N) is 1. The zero-order chi connectivity index (χ0) is 14.4. The van der Waals surface area contributed by atoms with Gasteiger partial charge in [-0.25, -0.2) is 9.59 Å². The van der Waals surface area contributed by atoms with Crippen LogP contribution in [0.1, 0.15) is 33.1 Å². The number of piperidine rings is 1. The number of carboxylic acids is 1. The van der Waals surface area contributed by atoms with E-state index in [1.165, 1.54) is 0 Å². The Labute approximate surface area is 112 Å². The van der Waals surface area contributed by atoms with Crippen LogP contribution in [0.2, 0.25) is 0 Å². The Morgan fingerprint density at radius 3 is 2.58 bits per heavy atom. The van der Waals surface area contributed by atoms with Gasteiger partial charge in [0.2, 0.25) is 0 Å². The third kappa shape index (κ3) is 4.73. The van der Waals surface area contributed by atoms with E-state index in [9.17, 15) is 14.4 Å². The molecule has 1 saturated heterocycles. The summed E-state index contributed by atoms with van der Waals surface area (Å²) in [5, 5.41) is 10.6. The van der Waals surface area contributed by atoms with E-state index in [4.69, 9.17) is 5.11 Å². The first-order chi connectivity index (χ1) is 8.93. The van der Waals surface area contributed by atoms with Gasteiger partial charge in [0.1, 0.15) is 0 Å². The Hall–Kier alpha value is -1.85. The zero-order valence-electron chi connectivity index (χ0n) is 11.3. The van der Waals surface area contributed by atoms with Crippen molar-refractivity contribution in [2.75, 3.05) is 6.54 Å². The maximum absolute atomic E-state index is 11.9. The number of amides is 3. The fourth-order valence-electron chi connectivity index (χ4n) is 2.16. The fraction of sp³-hybridized carbons (Fsp3) is 0.615. The zero-order valence-corrected chi connectivity index (χ0v) is 11.3. The summed E-state index contributed by atoms with van der Waals surface area (Å²) in [4.78, 5) is 35.2. The first-order valence-electron chi connectivity index (χ1n) is 6.46. The summed E-state index contributed by atoms with van der Waals surface area (Å²) in [6.07, 6.45) is 4.56. The molecular formula is C13H20N2O4. The van der Waals surface area contributed by atoms with E-state index in [0.717, 1.165) is 25.3 Å². The summed E-state index contributed by atoms with van der Waals surface area (Å²) in [6.45, 7) is 4.67. The van der Waals surface area contributed by atoms with Crippen molar-refractivity contribution in [1.82, 2.24) is 10.2 Å². The van der Waals surface area contributed by atoms with Crippen molar-refractivity contribution in [2.45, 2.75) is 39.2 Å². The van der Waals surface area contributed by atoms with Gasteiger partial charge in [-0.05, 0) is 25.7 Å². The van der Waals surface area contributed by atoms with Crippen LogP contribution in [0.4, 0.5) is 4.79 Å². The normalized spacial score (nSPS) is 23.4. The summed E-state index contributed by atoms with van der Waals surface area (Å²) < 4.78 is 0. The molecule has 0 saturated carbocycles. The van der Waals surface area contributed by atoms with E-state index in [0.29, 0.717) is 18.5 Å². The van der Waals surface area contributed by atoms with E-state index in [1.807, 2.05) is 6.92 Å². The van der Waals surface area contributed by atoms with Crippen molar-refractivity contribution < 1.29 is 19.5 Å². The third-order valence-electron chi connectivity index (χ3n) is 3.43. The van der Waals surface area contributed by atoms with Gasteiger partial charge in [0.15, 0.2) is 0 Å². The first-order valence-corrected chi connectivity index (χ1v) is 6.46. The molecule has 1 rings (SSSR count). The van der Waals surface area contributed by atoms with Gasteiger partial charge >= 0.3 is 12.0 Å². The second-order valence-electron chi connectivity index (χ2n) is 4.82. The third-order valence-corrected chi connectivity index (χ3v) is 3.43. The summed E-state index contributed by atoms with van der Waals surface area (Å²) in [6, 6.07) is -0.357. The number of hydrogen-bond acceptors (Lipinski definition) is 3. The predicted molar refractivity (Wildman–Crippen MR) is 69.5 cm³/mol. The quantitative estimate of drug-likeness (QED) is 0.757. The lowest BCUT2D eigenvalue weighted by atomic mass is 9.92. The summed E-state index contributed by atoms with van der Waals surface area (Å²) >= 11 is 0. The highest BCUT2D eigenvalue weighted by molar-refractivity contribution is 6.02. The lowest BCUT2D eigenvalue weighted by Gasteiger charge is -2.37. The minimum Gasteiger partial charge on any atom is -0.478 e. The maximum Gasteiger partial charge on any atom is 0.328 e. The van der Waals surface area contributed by atoms with Gasteiger partial charge in [-0.3, -0.25) is 10.1 Å². The second-order valence-corrected chi connectivity index (χ2v) is 4.82. The molecule has 3 amide bonds. The molecule has 1 fully saturated rings. The number of hydrogen-bond donors (Lipinski definition) is 2. The lowest BCUT2D eigenvalue weighted by molar-refractivity contribution is -0.131. The Balaban J connectivity index is 2.56. The summed E-state index contributed by atoms with van der Waals surface area (Å²) in [5.41, 5.74) is 0. The average Bonchev–Trinajstić information content (AvgIpc) is 2.36. The number of urea groups is 1. The molecule has 106 valence electrons. The summed E-state index contributed by atoms with van der Waals surface area (Å²) in [5.74, 6) is -1.47. The van der Waals surface area contributed by atoms with Crippen molar-refractivity contribution in [3.05, 3.63) is 12.2 Å². The molecule has 0 aromatic heterocycles. The van der Waals surface area contributed by atoms with Gasteiger partial charge in [0, 0.05) is 24.7 Å². The van der Waals surface area contributed by atoms with Crippen LogP contribution in [0.15, 0.2) is 12.2 Å². The average molecular weight is 268 g/mol. The Bertz CT molecular complexity index is 392. The topological polar surface area (TPSA) is 86.7 Å². The van der Waals surface area contributed by atoms with Crippen LogP contribution in [-0.4, -0.2) is 40.5 Å². The van der Waals surface area contributed by atoms with E-state index >= 15 is 0 Å². The largest absolute Gasteiger partial charge is 0.478 e. The minimum atomic E-state index is -1.22. The first kappa shape index (κ1) is 15.2. The second kappa shape index (κ2) is 6.92. The van der Waals surface area contributed by atoms with Crippen molar-refractivity contribution >= 4 is 17.9 Å². The molecule has 6 heteroatoms. The Morgan fingerprint density at radius 2 is 2.00 bits per heavy atom. The molecule has 2 unspecified atom stereocenters. The molecule has 2 N–H and O–H groups in total. The number of imide groups is 1. The van der Waals surface area contributed by atoms with E-state index in [2.05, 4.69) is 12.2 Å². The molecule has 0 aromatic carbocycles. The fourth-order valence-corrected chi connectivity index (χ4v) is 2.16. The van der Waals surface area contributed by atoms with Crippen molar-refractivity contribution in [2.24, 2.45) is 5.92 Å². The van der Waals surface area contributed by atoms with Crippen LogP contribution < -0.4 is 5.32 Å². The maximum atomic E-state index is 11.9. The smallest absolute Gasteiger partial charge is 0.328 e. The molecule has 0 spiro atoms. The van der Waals surface area contributed by atoms with Crippen molar-refractivity contribution in [3.63, 3.8) is 0 Å².